The fourth-order valence-corrected chi connectivity index (χ4v) is 2.08. The van der Waals surface area contributed by atoms with Crippen LogP contribution in [0.25, 0.3) is 0 Å². The highest BCUT2D eigenvalue weighted by molar-refractivity contribution is 5.84. The van der Waals surface area contributed by atoms with E-state index in [0.29, 0.717) is 6.61 Å². The van der Waals surface area contributed by atoms with Crippen LogP contribution in [-0.2, 0) is 0 Å². The van der Waals surface area contributed by atoms with Gasteiger partial charge >= 0.3 is 0 Å². The van der Waals surface area contributed by atoms with Crippen LogP contribution >= 0.6 is 0 Å². The van der Waals surface area contributed by atoms with Crippen LogP contribution in [-0.4, -0.2) is 46.2 Å². The molecule has 0 aliphatic carbocycles. The second-order valence-electron chi connectivity index (χ2n) is 4.50. The van der Waals surface area contributed by atoms with E-state index in [-0.39, 0.29) is 5.95 Å². The minimum Gasteiger partial charge on any atom is -0.493 e. The van der Waals surface area contributed by atoms with Gasteiger partial charge in [-0.3, -0.25) is 0 Å². The first-order valence-corrected chi connectivity index (χ1v) is 7.29. The molecule has 8 heteroatoms. The molecule has 0 aliphatic heterocycles. The second kappa shape index (κ2) is 7.39. The third-order valence-corrected chi connectivity index (χ3v) is 3.21. The van der Waals surface area contributed by atoms with Crippen molar-refractivity contribution in [1.29, 1.82) is 0 Å². The highest BCUT2D eigenvalue weighted by atomic mass is 16.5. The minimum atomic E-state index is 0.133. The molecule has 0 unspecified atom stereocenters. The largest absolute Gasteiger partial charge is 0.493 e. The van der Waals surface area contributed by atoms with Gasteiger partial charge < -0.3 is 15.4 Å². The Morgan fingerprint density at radius 2 is 2.09 bits per heavy atom. The lowest BCUT2D eigenvalue weighted by Crippen LogP contribution is -2.21. The number of rotatable bonds is 7. The highest BCUT2D eigenvalue weighted by Gasteiger charge is 2.08. The summed E-state index contributed by atoms with van der Waals surface area (Å²) in [5, 5.41) is 14.8. The third-order valence-electron chi connectivity index (χ3n) is 3.21. The van der Waals surface area contributed by atoms with Gasteiger partial charge in [-0.05, 0) is 43.3 Å². The quantitative estimate of drug-likeness (QED) is 0.777. The molecule has 0 fully saturated rings. The van der Waals surface area contributed by atoms with Crippen molar-refractivity contribution < 1.29 is 4.74 Å². The molecule has 2 rings (SSSR count). The number of nitrogen functional groups attached to an aromatic ring is 1. The van der Waals surface area contributed by atoms with E-state index in [2.05, 4.69) is 39.4 Å². The molecule has 0 radical (unpaired) electrons. The second-order valence-corrected chi connectivity index (χ2v) is 4.50. The number of hydrogen-bond donors (Lipinski definition) is 1. The van der Waals surface area contributed by atoms with Crippen molar-refractivity contribution in [2.24, 2.45) is 5.10 Å². The van der Waals surface area contributed by atoms with E-state index in [4.69, 9.17) is 10.5 Å². The van der Waals surface area contributed by atoms with Gasteiger partial charge in [0.1, 0.15) is 5.75 Å². The Morgan fingerprint density at radius 1 is 1.32 bits per heavy atom. The lowest BCUT2D eigenvalue weighted by Gasteiger charge is -2.22. The molecule has 0 saturated carbocycles. The zero-order valence-corrected chi connectivity index (χ0v) is 13.1. The molecular formula is C14H21N7O. The van der Waals surface area contributed by atoms with Gasteiger partial charge in [0.15, 0.2) is 0 Å². The SMILES string of the molecule is CCOc1cc(N(CC)CC)ccc1/C=N\n1nnnc1N. The molecule has 118 valence electrons. The van der Waals surface area contributed by atoms with E-state index in [1.807, 2.05) is 25.1 Å². The number of anilines is 2. The fourth-order valence-electron chi connectivity index (χ4n) is 2.08. The maximum absolute atomic E-state index is 5.71. The van der Waals surface area contributed by atoms with E-state index in [9.17, 15) is 0 Å². The van der Waals surface area contributed by atoms with Crippen molar-refractivity contribution in [3.8, 4) is 5.75 Å². The topological polar surface area (TPSA) is 94.5 Å². The molecule has 1 aromatic carbocycles. The molecule has 0 saturated heterocycles. The predicted octanol–water partition coefficient (Wildman–Crippen LogP) is 1.38. The van der Waals surface area contributed by atoms with Gasteiger partial charge in [-0.15, -0.1) is 0 Å². The van der Waals surface area contributed by atoms with Crippen LogP contribution < -0.4 is 15.4 Å². The van der Waals surface area contributed by atoms with E-state index in [0.717, 1.165) is 34.9 Å². The summed E-state index contributed by atoms with van der Waals surface area (Å²) in [6.07, 6.45) is 1.63. The van der Waals surface area contributed by atoms with Gasteiger partial charge in [0, 0.05) is 30.4 Å². The molecule has 0 amide bonds. The summed E-state index contributed by atoms with van der Waals surface area (Å²) in [4.78, 5) is 3.41. The number of ether oxygens (including phenoxy) is 1. The smallest absolute Gasteiger partial charge is 0.263 e. The molecule has 0 spiro atoms. The van der Waals surface area contributed by atoms with Gasteiger partial charge in [-0.25, -0.2) is 0 Å². The van der Waals surface area contributed by atoms with Crippen LogP contribution in [0.4, 0.5) is 11.6 Å². The van der Waals surface area contributed by atoms with Crippen molar-refractivity contribution in [3.05, 3.63) is 23.8 Å². The Balaban J connectivity index is 2.30. The molecule has 0 atom stereocenters. The molecule has 8 nitrogen and oxygen atoms in total. The molecule has 1 aromatic heterocycles. The summed E-state index contributed by atoms with van der Waals surface area (Å²) in [7, 11) is 0. The van der Waals surface area contributed by atoms with Gasteiger partial charge in [-0.2, -0.15) is 5.10 Å². The number of tetrazole rings is 1. The standard InChI is InChI=1S/C14H21N7O/c1-4-20(5-2)12-8-7-11(13(9-12)22-6-3)10-16-21-14(15)17-18-19-21/h7-10H,4-6H2,1-3H3,(H2,15,17,19)/b16-10-. The lowest BCUT2D eigenvalue weighted by atomic mass is 10.2. The summed E-state index contributed by atoms with van der Waals surface area (Å²) < 4.78 is 5.71. The first-order chi connectivity index (χ1) is 10.7. The molecule has 2 N–H and O–H groups in total. The first kappa shape index (κ1) is 15.7. The maximum Gasteiger partial charge on any atom is 0.263 e. The van der Waals surface area contributed by atoms with E-state index in [1.54, 1.807) is 6.21 Å². The summed E-state index contributed by atoms with van der Waals surface area (Å²) in [6, 6.07) is 6.02. The lowest BCUT2D eigenvalue weighted by molar-refractivity contribution is 0.340. The zero-order chi connectivity index (χ0) is 15.9. The van der Waals surface area contributed by atoms with Crippen LogP contribution in [0.1, 0.15) is 26.3 Å². The van der Waals surface area contributed by atoms with Crippen molar-refractivity contribution in [2.75, 3.05) is 30.3 Å². The number of benzene rings is 1. The Bertz CT molecular complexity index is 634. The van der Waals surface area contributed by atoms with Gasteiger partial charge in [0.05, 0.1) is 12.8 Å². The monoisotopic (exact) mass is 303 g/mol. The molecule has 0 aliphatic rings. The Labute approximate surface area is 129 Å². The number of aromatic nitrogens is 4. The first-order valence-electron chi connectivity index (χ1n) is 7.29. The van der Waals surface area contributed by atoms with Crippen molar-refractivity contribution in [2.45, 2.75) is 20.8 Å². The molecule has 2 aromatic rings. The highest BCUT2D eigenvalue weighted by Crippen LogP contribution is 2.25. The van der Waals surface area contributed by atoms with Gasteiger partial charge in [0.2, 0.25) is 0 Å². The predicted molar refractivity (Wildman–Crippen MR) is 86.4 cm³/mol. The van der Waals surface area contributed by atoms with E-state index < -0.39 is 0 Å². The minimum absolute atomic E-state index is 0.133. The molecule has 1 heterocycles. The molecule has 0 bridgehead atoms. The maximum atomic E-state index is 5.71. The van der Waals surface area contributed by atoms with Crippen molar-refractivity contribution in [3.63, 3.8) is 0 Å². The Kier molecular flexibility index (Phi) is 5.29. The third kappa shape index (κ3) is 3.51. The normalized spacial score (nSPS) is 11.0. The van der Waals surface area contributed by atoms with E-state index >= 15 is 0 Å². The fraction of sp³-hybridized carbons (Fsp3) is 0.429. The Morgan fingerprint density at radius 3 is 2.68 bits per heavy atom. The van der Waals surface area contributed by atoms with Gasteiger partial charge in [-0.1, -0.05) is 9.89 Å². The van der Waals surface area contributed by atoms with Gasteiger partial charge in [0.25, 0.3) is 5.95 Å². The summed E-state index contributed by atoms with van der Waals surface area (Å²) >= 11 is 0. The number of nitrogens with zero attached hydrogens (tertiary/aromatic N) is 6. The average molecular weight is 303 g/mol. The summed E-state index contributed by atoms with van der Waals surface area (Å²) in [6.45, 7) is 8.66. The van der Waals surface area contributed by atoms with Crippen LogP contribution in [0, 0.1) is 0 Å². The van der Waals surface area contributed by atoms with Crippen LogP contribution in [0.15, 0.2) is 23.3 Å². The number of nitrogens with two attached hydrogens (primary N) is 1. The van der Waals surface area contributed by atoms with Crippen molar-refractivity contribution >= 4 is 17.9 Å². The van der Waals surface area contributed by atoms with Crippen LogP contribution in [0.5, 0.6) is 5.75 Å². The van der Waals surface area contributed by atoms with Crippen molar-refractivity contribution in [1.82, 2.24) is 20.3 Å². The molecule has 22 heavy (non-hydrogen) atoms. The summed E-state index contributed by atoms with van der Waals surface area (Å²) in [5.41, 5.74) is 7.54. The van der Waals surface area contributed by atoms with Crippen LogP contribution in [0.3, 0.4) is 0 Å². The number of hydrogen-bond acceptors (Lipinski definition) is 7. The molecular weight excluding hydrogens is 282 g/mol. The van der Waals surface area contributed by atoms with Crippen LogP contribution in [0.2, 0.25) is 0 Å². The van der Waals surface area contributed by atoms with E-state index in [1.165, 1.54) is 0 Å². The Hall–Kier alpha value is -2.64. The zero-order valence-electron chi connectivity index (χ0n) is 13.1. The summed E-state index contributed by atoms with van der Waals surface area (Å²) in [5.74, 6) is 0.899. The average Bonchev–Trinajstić information content (AvgIpc) is 2.93.